The minimum Gasteiger partial charge on any atom is -0.497 e. The van der Waals surface area contributed by atoms with Gasteiger partial charge in [-0.3, -0.25) is 14.4 Å². The highest BCUT2D eigenvalue weighted by atomic mass is 16.5. The molecule has 1 N–H and O–H groups in total. The van der Waals surface area contributed by atoms with Gasteiger partial charge in [-0.1, -0.05) is 12.1 Å². The van der Waals surface area contributed by atoms with E-state index in [1.54, 1.807) is 61.6 Å². The first-order valence-electron chi connectivity index (χ1n) is 9.85. The van der Waals surface area contributed by atoms with E-state index in [2.05, 4.69) is 5.32 Å². The fraction of sp³-hybridized carbons (Fsp3) is 0.348. The summed E-state index contributed by atoms with van der Waals surface area (Å²) in [6.45, 7) is 2.47. The third kappa shape index (κ3) is 4.97. The van der Waals surface area contributed by atoms with Crippen molar-refractivity contribution in [3.63, 3.8) is 0 Å². The second kappa shape index (κ2) is 9.43. The van der Waals surface area contributed by atoms with Crippen LogP contribution in [-0.2, 0) is 4.79 Å². The maximum atomic E-state index is 12.9. The smallest absolute Gasteiger partial charge is 0.254 e. The number of ether oxygens (including phenoxy) is 2. The van der Waals surface area contributed by atoms with Crippen LogP contribution in [-0.4, -0.2) is 49.8 Å². The number of hydrogen-bond acceptors (Lipinski definition) is 5. The Balaban J connectivity index is 1.60. The number of amides is 2. The molecule has 0 radical (unpaired) electrons. The van der Waals surface area contributed by atoms with Crippen molar-refractivity contribution in [1.82, 2.24) is 4.90 Å². The van der Waals surface area contributed by atoms with E-state index in [1.165, 1.54) is 6.92 Å². The number of benzene rings is 2. The molecule has 1 fully saturated rings. The van der Waals surface area contributed by atoms with E-state index in [4.69, 9.17) is 9.47 Å². The Morgan fingerprint density at radius 3 is 2.13 bits per heavy atom. The molecule has 1 aliphatic rings. The monoisotopic (exact) mass is 410 g/mol. The Labute approximate surface area is 176 Å². The number of hydrogen-bond donors (Lipinski definition) is 1. The van der Waals surface area contributed by atoms with Gasteiger partial charge < -0.3 is 19.7 Å². The highest BCUT2D eigenvalue weighted by Crippen LogP contribution is 2.26. The first-order valence-corrected chi connectivity index (χ1v) is 9.85. The molecule has 158 valence electrons. The topological polar surface area (TPSA) is 84.9 Å². The second-order valence-corrected chi connectivity index (χ2v) is 7.29. The number of likely N-dealkylation sites (tertiary alicyclic amines) is 1. The molecule has 0 aliphatic carbocycles. The molecule has 1 aliphatic heterocycles. The first kappa shape index (κ1) is 21.4. The zero-order valence-corrected chi connectivity index (χ0v) is 17.4. The third-order valence-electron chi connectivity index (χ3n) is 5.29. The lowest BCUT2D eigenvalue weighted by molar-refractivity contribution is -0.121. The number of carbonyl (C=O) groups excluding carboxylic acids is 3. The van der Waals surface area contributed by atoms with E-state index < -0.39 is 0 Å². The normalized spacial score (nSPS) is 14.2. The van der Waals surface area contributed by atoms with Crippen LogP contribution in [0.1, 0.15) is 40.5 Å². The summed E-state index contributed by atoms with van der Waals surface area (Å²) in [5.74, 6) is 0.674. The number of piperidine rings is 1. The van der Waals surface area contributed by atoms with Gasteiger partial charge in [0.1, 0.15) is 11.5 Å². The van der Waals surface area contributed by atoms with Gasteiger partial charge in [-0.2, -0.15) is 0 Å². The van der Waals surface area contributed by atoms with Crippen LogP contribution < -0.4 is 14.8 Å². The molecule has 0 atom stereocenters. The largest absolute Gasteiger partial charge is 0.497 e. The van der Waals surface area contributed by atoms with E-state index in [0.29, 0.717) is 54.2 Å². The molecule has 1 saturated heterocycles. The zero-order valence-electron chi connectivity index (χ0n) is 17.4. The molecule has 0 bridgehead atoms. The lowest BCUT2D eigenvalue weighted by Gasteiger charge is -2.31. The molecule has 2 amide bonds. The van der Waals surface area contributed by atoms with Gasteiger partial charge in [-0.05, 0) is 44.0 Å². The quantitative estimate of drug-likeness (QED) is 0.738. The van der Waals surface area contributed by atoms with Crippen LogP contribution in [0.2, 0.25) is 0 Å². The van der Waals surface area contributed by atoms with Crippen LogP contribution in [0.4, 0.5) is 5.69 Å². The number of methoxy groups -OCH3 is 2. The molecular weight excluding hydrogens is 384 g/mol. The van der Waals surface area contributed by atoms with Crippen molar-refractivity contribution >= 4 is 23.3 Å². The molecule has 1 heterocycles. The average molecular weight is 410 g/mol. The van der Waals surface area contributed by atoms with Gasteiger partial charge >= 0.3 is 0 Å². The molecule has 7 nitrogen and oxygen atoms in total. The van der Waals surface area contributed by atoms with Gasteiger partial charge in [0.25, 0.3) is 5.91 Å². The fourth-order valence-corrected chi connectivity index (χ4v) is 3.52. The highest BCUT2D eigenvalue weighted by molar-refractivity contribution is 5.98. The SMILES string of the molecule is COc1cc(OC)cc(C(=O)N2CCC(C(=O)Nc3cccc(C(C)=O)c3)CC2)c1. The number of Topliss-reactive ketones (excluding diaryl/α,β-unsaturated/α-hetero) is 1. The highest BCUT2D eigenvalue weighted by Gasteiger charge is 2.28. The maximum Gasteiger partial charge on any atom is 0.254 e. The minimum absolute atomic E-state index is 0.0490. The summed E-state index contributed by atoms with van der Waals surface area (Å²) in [4.78, 5) is 38.8. The Kier molecular flexibility index (Phi) is 6.72. The van der Waals surface area contributed by atoms with E-state index in [9.17, 15) is 14.4 Å². The van der Waals surface area contributed by atoms with Crippen LogP contribution >= 0.6 is 0 Å². The van der Waals surface area contributed by atoms with Gasteiger partial charge in [-0.25, -0.2) is 0 Å². The van der Waals surface area contributed by atoms with Crippen molar-refractivity contribution in [2.45, 2.75) is 19.8 Å². The predicted octanol–water partition coefficient (Wildman–Crippen LogP) is 3.40. The summed E-state index contributed by atoms with van der Waals surface area (Å²) in [6, 6.07) is 12.0. The summed E-state index contributed by atoms with van der Waals surface area (Å²) < 4.78 is 10.5. The molecule has 0 spiro atoms. The standard InChI is InChI=1S/C23H26N2O5/c1-15(26)17-5-4-6-19(11-17)24-22(27)16-7-9-25(10-8-16)23(28)18-12-20(29-2)14-21(13-18)30-3/h4-6,11-14,16H,7-10H2,1-3H3,(H,24,27). The summed E-state index contributed by atoms with van der Waals surface area (Å²) >= 11 is 0. The lowest BCUT2D eigenvalue weighted by atomic mass is 9.95. The summed E-state index contributed by atoms with van der Waals surface area (Å²) in [7, 11) is 3.08. The average Bonchev–Trinajstić information content (AvgIpc) is 2.78. The number of ketones is 1. The van der Waals surface area contributed by atoms with E-state index in [1.807, 2.05) is 0 Å². The predicted molar refractivity (Wildman–Crippen MR) is 113 cm³/mol. The minimum atomic E-state index is -0.185. The number of rotatable bonds is 6. The third-order valence-corrected chi connectivity index (χ3v) is 5.29. The van der Waals surface area contributed by atoms with Gasteiger partial charge in [-0.15, -0.1) is 0 Å². The number of nitrogens with one attached hydrogen (secondary N) is 1. The van der Waals surface area contributed by atoms with Crippen LogP contribution in [0.15, 0.2) is 42.5 Å². The van der Waals surface area contributed by atoms with Gasteiger partial charge in [0.2, 0.25) is 5.91 Å². The molecule has 2 aromatic rings. The van der Waals surface area contributed by atoms with Crippen LogP contribution in [0, 0.1) is 5.92 Å². The number of nitrogens with zero attached hydrogens (tertiary/aromatic N) is 1. The van der Waals surface area contributed by atoms with Crippen molar-refractivity contribution in [3.05, 3.63) is 53.6 Å². The van der Waals surface area contributed by atoms with Gasteiger partial charge in [0.15, 0.2) is 5.78 Å². The van der Waals surface area contributed by atoms with Crippen molar-refractivity contribution in [1.29, 1.82) is 0 Å². The molecule has 3 rings (SSSR count). The molecule has 0 unspecified atom stereocenters. The number of carbonyl (C=O) groups is 3. The van der Waals surface area contributed by atoms with E-state index in [0.717, 1.165) is 0 Å². The van der Waals surface area contributed by atoms with Gasteiger partial charge in [0, 0.05) is 41.9 Å². The summed E-state index contributed by atoms with van der Waals surface area (Å²) in [5.41, 5.74) is 1.66. The second-order valence-electron chi connectivity index (χ2n) is 7.29. The van der Waals surface area contributed by atoms with Crippen molar-refractivity contribution in [3.8, 4) is 11.5 Å². The first-order chi connectivity index (χ1) is 14.4. The van der Waals surface area contributed by atoms with E-state index >= 15 is 0 Å². The Bertz CT molecular complexity index is 926. The number of anilines is 1. The van der Waals surface area contributed by atoms with Crippen molar-refractivity contribution in [2.75, 3.05) is 32.6 Å². The van der Waals surface area contributed by atoms with Crippen LogP contribution in [0.25, 0.3) is 0 Å². The molecule has 7 heteroatoms. The van der Waals surface area contributed by atoms with Crippen molar-refractivity contribution in [2.24, 2.45) is 5.92 Å². The van der Waals surface area contributed by atoms with Gasteiger partial charge in [0.05, 0.1) is 14.2 Å². The Hall–Kier alpha value is -3.35. The molecule has 2 aromatic carbocycles. The Morgan fingerprint density at radius 1 is 0.933 bits per heavy atom. The van der Waals surface area contributed by atoms with Crippen molar-refractivity contribution < 1.29 is 23.9 Å². The molecule has 30 heavy (non-hydrogen) atoms. The lowest BCUT2D eigenvalue weighted by Crippen LogP contribution is -2.41. The Morgan fingerprint density at radius 2 is 1.57 bits per heavy atom. The maximum absolute atomic E-state index is 12.9. The van der Waals surface area contributed by atoms with Crippen LogP contribution in [0.3, 0.4) is 0 Å². The molecular formula is C23H26N2O5. The molecule has 0 aromatic heterocycles. The summed E-state index contributed by atoms with van der Waals surface area (Å²) in [5, 5.41) is 2.89. The van der Waals surface area contributed by atoms with E-state index in [-0.39, 0.29) is 23.5 Å². The zero-order chi connectivity index (χ0) is 21.7. The molecule has 0 saturated carbocycles. The van der Waals surface area contributed by atoms with Crippen LogP contribution in [0.5, 0.6) is 11.5 Å². The fourth-order valence-electron chi connectivity index (χ4n) is 3.52. The summed E-state index contributed by atoms with van der Waals surface area (Å²) in [6.07, 6.45) is 1.15.